The van der Waals surface area contributed by atoms with Crippen molar-refractivity contribution in [3.63, 3.8) is 0 Å². The molecule has 0 aromatic heterocycles. The van der Waals surface area contributed by atoms with Crippen molar-refractivity contribution >= 4 is 23.2 Å². The zero-order chi connectivity index (χ0) is 14.5. The highest BCUT2D eigenvalue weighted by Crippen LogP contribution is 2.27. The Morgan fingerprint density at radius 3 is 2.70 bits per heavy atom. The van der Waals surface area contributed by atoms with E-state index in [1.165, 1.54) is 13.2 Å². The van der Waals surface area contributed by atoms with Crippen molar-refractivity contribution in [3.05, 3.63) is 58.9 Å². The molecule has 1 N–H and O–H groups in total. The molecule has 0 aliphatic carbocycles. The summed E-state index contributed by atoms with van der Waals surface area (Å²) in [6, 6.07) is 11.1. The maximum atomic E-state index is 13.4. The SMILES string of the molecule is COc1ccc(NC(=O)Cc2ccccc2F)cc1Cl. The number of halogens is 2. The van der Waals surface area contributed by atoms with Crippen LogP contribution in [0.3, 0.4) is 0 Å². The van der Waals surface area contributed by atoms with Gasteiger partial charge in [-0.1, -0.05) is 29.8 Å². The van der Waals surface area contributed by atoms with Crippen molar-refractivity contribution in [2.75, 3.05) is 12.4 Å². The monoisotopic (exact) mass is 293 g/mol. The van der Waals surface area contributed by atoms with E-state index in [-0.39, 0.29) is 12.3 Å². The first-order chi connectivity index (χ1) is 9.60. The van der Waals surface area contributed by atoms with Crippen molar-refractivity contribution in [1.29, 1.82) is 0 Å². The van der Waals surface area contributed by atoms with E-state index in [2.05, 4.69) is 5.32 Å². The van der Waals surface area contributed by atoms with Crippen LogP contribution < -0.4 is 10.1 Å². The quantitative estimate of drug-likeness (QED) is 0.934. The molecule has 0 saturated carbocycles. The second-order valence-electron chi connectivity index (χ2n) is 4.17. The van der Waals surface area contributed by atoms with Gasteiger partial charge >= 0.3 is 0 Å². The van der Waals surface area contributed by atoms with E-state index in [4.69, 9.17) is 16.3 Å². The van der Waals surface area contributed by atoms with Crippen LogP contribution in [0.1, 0.15) is 5.56 Å². The molecule has 0 heterocycles. The molecule has 0 unspecified atom stereocenters. The molecule has 20 heavy (non-hydrogen) atoms. The third-order valence-corrected chi connectivity index (χ3v) is 3.04. The van der Waals surface area contributed by atoms with E-state index < -0.39 is 5.82 Å². The Bertz CT molecular complexity index is 631. The summed E-state index contributed by atoms with van der Waals surface area (Å²) >= 11 is 5.96. The zero-order valence-corrected chi connectivity index (χ0v) is 11.6. The van der Waals surface area contributed by atoms with Gasteiger partial charge in [0, 0.05) is 5.69 Å². The summed E-state index contributed by atoms with van der Waals surface area (Å²) < 4.78 is 18.5. The molecule has 0 atom stereocenters. The summed E-state index contributed by atoms with van der Waals surface area (Å²) in [5.41, 5.74) is 0.891. The van der Waals surface area contributed by atoms with Gasteiger partial charge < -0.3 is 10.1 Å². The maximum Gasteiger partial charge on any atom is 0.228 e. The van der Waals surface area contributed by atoms with Crippen LogP contribution in [-0.2, 0) is 11.2 Å². The Morgan fingerprint density at radius 1 is 1.30 bits per heavy atom. The molecule has 0 radical (unpaired) electrons. The molecule has 0 fully saturated rings. The number of carbonyl (C=O) groups excluding carboxylic acids is 1. The minimum Gasteiger partial charge on any atom is -0.495 e. The Balaban J connectivity index is 2.05. The first kappa shape index (κ1) is 14.3. The summed E-state index contributed by atoms with van der Waals surface area (Å²) in [4.78, 5) is 11.8. The van der Waals surface area contributed by atoms with E-state index in [9.17, 15) is 9.18 Å². The minimum atomic E-state index is -0.393. The van der Waals surface area contributed by atoms with Crippen LogP contribution in [0, 0.1) is 5.82 Å². The van der Waals surface area contributed by atoms with Gasteiger partial charge in [0.15, 0.2) is 0 Å². The van der Waals surface area contributed by atoms with Crippen LogP contribution in [0.2, 0.25) is 5.02 Å². The van der Waals surface area contributed by atoms with Gasteiger partial charge in [-0.05, 0) is 29.8 Å². The van der Waals surface area contributed by atoms with E-state index in [1.807, 2.05) is 0 Å². The molecule has 0 aliphatic heterocycles. The molecule has 0 aliphatic rings. The number of amides is 1. The number of hydrogen-bond acceptors (Lipinski definition) is 2. The second-order valence-corrected chi connectivity index (χ2v) is 4.57. The van der Waals surface area contributed by atoms with Gasteiger partial charge in [-0.2, -0.15) is 0 Å². The highest BCUT2D eigenvalue weighted by Gasteiger charge is 2.09. The fraction of sp³-hybridized carbons (Fsp3) is 0.133. The van der Waals surface area contributed by atoms with Gasteiger partial charge in [0.25, 0.3) is 0 Å². The number of benzene rings is 2. The highest BCUT2D eigenvalue weighted by molar-refractivity contribution is 6.32. The van der Waals surface area contributed by atoms with Crippen LogP contribution in [0.25, 0.3) is 0 Å². The van der Waals surface area contributed by atoms with Gasteiger partial charge in [-0.15, -0.1) is 0 Å². The summed E-state index contributed by atoms with van der Waals surface area (Å²) in [5.74, 6) is -0.175. The lowest BCUT2D eigenvalue weighted by Crippen LogP contribution is -2.15. The predicted molar refractivity (Wildman–Crippen MR) is 76.7 cm³/mol. The first-order valence-corrected chi connectivity index (χ1v) is 6.34. The van der Waals surface area contributed by atoms with E-state index in [0.717, 1.165) is 0 Å². The molecule has 2 aromatic rings. The Labute approximate surface area is 121 Å². The second kappa shape index (κ2) is 6.39. The summed E-state index contributed by atoms with van der Waals surface area (Å²) in [5, 5.41) is 3.06. The fourth-order valence-corrected chi connectivity index (χ4v) is 2.02. The Kier molecular flexibility index (Phi) is 4.58. The van der Waals surface area contributed by atoms with Gasteiger partial charge in [0.1, 0.15) is 11.6 Å². The third-order valence-electron chi connectivity index (χ3n) is 2.74. The average molecular weight is 294 g/mol. The number of anilines is 1. The van der Waals surface area contributed by atoms with Crippen molar-refractivity contribution in [1.82, 2.24) is 0 Å². The lowest BCUT2D eigenvalue weighted by atomic mass is 10.1. The van der Waals surface area contributed by atoms with Crippen molar-refractivity contribution in [2.24, 2.45) is 0 Å². The van der Waals surface area contributed by atoms with E-state index >= 15 is 0 Å². The fourth-order valence-electron chi connectivity index (χ4n) is 1.76. The molecule has 0 bridgehead atoms. The standard InChI is InChI=1S/C15H13ClFNO2/c1-20-14-7-6-11(9-12(14)16)18-15(19)8-10-4-2-3-5-13(10)17/h2-7,9H,8H2,1H3,(H,18,19). The first-order valence-electron chi connectivity index (χ1n) is 5.97. The smallest absolute Gasteiger partial charge is 0.228 e. The molecular weight excluding hydrogens is 281 g/mol. The van der Waals surface area contributed by atoms with Gasteiger partial charge in [-0.25, -0.2) is 4.39 Å². The largest absolute Gasteiger partial charge is 0.495 e. The number of rotatable bonds is 4. The predicted octanol–water partition coefficient (Wildman–Crippen LogP) is 3.67. The van der Waals surface area contributed by atoms with Crippen LogP contribution in [-0.4, -0.2) is 13.0 Å². The number of ether oxygens (including phenoxy) is 1. The minimum absolute atomic E-state index is 0.0314. The zero-order valence-electron chi connectivity index (χ0n) is 10.8. The highest BCUT2D eigenvalue weighted by atomic mass is 35.5. The van der Waals surface area contributed by atoms with E-state index in [1.54, 1.807) is 36.4 Å². The number of carbonyl (C=O) groups is 1. The molecule has 104 valence electrons. The topological polar surface area (TPSA) is 38.3 Å². The van der Waals surface area contributed by atoms with Crippen LogP contribution in [0.15, 0.2) is 42.5 Å². The molecule has 2 rings (SSSR count). The van der Waals surface area contributed by atoms with Crippen molar-refractivity contribution in [3.8, 4) is 5.75 Å². The normalized spacial score (nSPS) is 10.2. The molecule has 0 spiro atoms. The van der Waals surface area contributed by atoms with Crippen molar-refractivity contribution < 1.29 is 13.9 Å². The number of nitrogens with one attached hydrogen (secondary N) is 1. The van der Waals surface area contributed by atoms with E-state index in [0.29, 0.717) is 22.0 Å². The summed E-state index contributed by atoms with van der Waals surface area (Å²) in [7, 11) is 1.51. The van der Waals surface area contributed by atoms with Crippen LogP contribution in [0.5, 0.6) is 5.75 Å². The molecule has 5 heteroatoms. The number of methoxy groups -OCH3 is 1. The Morgan fingerprint density at radius 2 is 2.05 bits per heavy atom. The maximum absolute atomic E-state index is 13.4. The van der Waals surface area contributed by atoms with Gasteiger partial charge in [0.05, 0.1) is 18.6 Å². The van der Waals surface area contributed by atoms with Crippen LogP contribution in [0.4, 0.5) is 10.1 Å². The molecule has 2 aromatic carbocycles. The van der Waals surface area contributed by atoms with Gasteiger partial charge in [-0.3, -0.25) is 4.79 Å². The molecular formula is C15H13ClFNO2. The Hall–Kier alpha value is -2.07. The lowest BCUT2D eigenvalue weighted by Gasteiger charge is -2.08. The molecule has 0 saturated heterocycles. The third kappa shape index (κ3) is 3.48. The molecule has 1 amide bonds. The average Bonchev–Trinajstić information content (AvgIpc) is 2.41. The summed E-state index contributed by atoms with van der Waals surface area (Å²) in [6.07, 6.45) is -0.0314. The van der Waals surface area contributed by atoms with Crippen LogP contribution >= 0.6 is 11.6 Å². The molecule has 3 nitrogen and oxygen atoms in total. The van der Waals surface area contributed by atoms with Crippen molar-refractivity contribution in [2.45, 2.75) is 6.42 Å². The summed E-state index contributed by atoms with van der Waals surface area (Å²) in [6.45, 7) is 0. The lowest BCUT2D eigenvalue weighted by molar-refractivity contribution is -0.115. The van der Waals surface area contributed by atoms with Gasteiger partial charge in [0.2, 0.25) is 5.91 Å². The number of hydrogen-bond donors (Lipinski definition) is 1.